The molecule has 0 amide bonds. The molecule has 6 nitrogen and oxygen atoms in total. The van der Waals surface area contributed by atoms with Crippen molar-refractivity contribution in [1.29, 1.82) is 0 Å². The lowest BCUT2D eigenvalue weighted by Gasteiger charge is -2.45. The third-order valence-electron chi connectivity index (χ3n) is 6.43. The number of guanidine groups is 1. The molecule has 0 aromatic carbocycles. The number of halogens is 1. The average molecular weight is 560 g/mol. The number of aliphatic imine (C=N–C) groups is 1. The Morgan fingerprint density at radius 2 is 2.16 bits per heavy atom. The van der Waals surface area contributed by atoms with Crippen molar-refractivity contribution in [2.24, 2.45) is 4.99 Å². The predicted octanol–water partition coefficient (Wildman–Crippen LogP) is 4.14. The molecule has 1 N–H and O–H groups in total. The van der Waals surface area contributed by atoms with E-state index in [0.717, 1.165) is 51.1 Å². The zero-order valence-corrected chi connectivity index (χ0v) is 22.2. The molecule has 2 saturated heterocycles. The maximum atomic E-state index is 5.67. The Balaban J connectivity index is 0.00000272. The molecule has 4 rings (SSSR count). The van der Waals surface area contributed by atoms with Gasteiger partial charge in [-0.2, -0.15) is 11.8 Å². The molecule has 0 radical (unpaired) electrons. The molecule has 1 aromatic rings. The van der Waals surface area contributed by atoms with E-state index in [1.54, 1.807) is 0 Å². The fraction of sp³-hybridized carbons (Fsp3) is 0.739. The molecule has 1 spiro atoms. The Kier molecular flexibility index (Phi) is 9.58. The summed E-state index contributed by atoms with van der Waals surface area (Å²) in [6.07, 6.45) is 9.07. The van der Waals surface area contributed by atoms with E-state index in [0.29, 0.717) is 11.3 Å². The van der Waals surface area contributed by atoms with Crippen LogP contribution in [-0.2, 0) is 11.3 Å². The predicted molar refractivity (Wildman–Crippen MR) is 142 cm³/mol. The van der Waals surface area contributed by atoms with Crippen LogP contribution >= 0.6 is 35.7 Å². The smallest absolute Gasteiger partial charge is 0.194 e. The molecule has 31 heavy (non-hydrogen) atoms. The largest absolute Gasteiger partial charge is 0.375 e. The molecule has 174 valence electrons. The van der Waals surface area contributed by atoms with Gasteiger partial charge < -0.3 is 19.9 Å². The van der Waals surface area contributed by atoms with Crippen molar-refractivity contribution >= 4 is 47.5 Å². The van der Waals surface area contributed by atoms with Crippen LogP contribution < -0.4 is 10.2 Å². The van der Waals surface area contributed by atoms with Crippen molar-refractivity contribution in [2.75, 3.05) is 50.0 Å². The van der Waals surface area contributed by atoms with Gasteiger partial charge in [0.05, 0.1) is 19.3 Å². The van der Waals surface area contributed by atoms with Gasteiger partial charge in [0.1, 0.15) is 5.82 Å². The maximum Gasteiger partial charge on any atom is 0.194 e. The molecule has 1 aromatic heterocycles. The summed E-state index contributed by atoms with van der Waals surface area (Å²) in [4.78, 5) is 14.5. The van der Waals surface area contributed by atoms with Gasteiger partial charge in [-0.05, 0) is 44.4 Å². The topological polar surface area (TPSA) is 53.0 Å². The number of rotatable bonds is 4. The number of nitrogens with zero attached hydrogens (tertiary/aromatic N) is 4. The second-order valence-corrected chi connectivity index (χ2v) is 10.4. The van der Waals surface area contributed by atoms with Crippen LogP contribution in [0.25, 0.3) is 0 Å². The Labute approximate surface area is 209 Å². The zero-order chi connectivity index (χ0) is 20.8. The SMILES string of the molecule is CCNC(=NCc1ccnc(N2CCOC(C)C2)c1)N1CCSC2(CCCCC2)C1.I. The molecule has 1 atom stereocenters. The Hall–Kier alpha value is -0.740. The third-order valence-corrected chi connectivity index (χ3v) is 7.97. The van der Waals surface area contributed by atoms with E-state index < -0.39 is 0 Å². The number of nitrogens with one attached hydrogen (secondary N) is 1. The second kappa shape index (κ2) is 11.9. The minimum Gasteiger partial charge on any atom is -0.375 e. The Morgan fingerprint density at radius 3 is 2.94 bits per heavy atom. The molecule has 2 aliphatic heterocycles. The van der Waals surface area contributed by atoms with Gasteiger partial charge in [0.25, 0.3) is 0 Å². The first-order valence-electron chi connectivity index (χ1n) is 11.7. The van der Waals surface area contributed by atoms with Gasteiger partial charge in [0.2, 0.25) is 0 Å². The maximum absolute atomic E-state index is 5.67. The van der Waals surface area contributed by atoms with Crippen molar-refractivity contribution in [3.05, 3.63) is 23.9 Å². The van der Waals surface area contributed by atoms with Gasteiger partial charge >= 0.3 is 0 Å². The van der Waals surface area contributed by atoms with E-state index in [9.17, 15) is 0 Å². The van der Waals surface area contributed by atoms with Crippen LogP contribution in [0.4, 0.5) is 5.82 Å². The van der Waals surface area contributed by atoms with Crippen molar-refractivity contribution in [3.63, 3.8) is 0 Å². The molecule has 3 heterocycles. The quantitative estimate of drug-likeness (QED) is 0.340. The average Bonchev–Trinajstić information content (AvgIpc) is 2.77. The Bertz CT molecular complexity index is 722. The third kappa shape index (κ3) is 6.63. The zero-order valence-electron chi connectivity index (χ0n) is 19.0. The highest BCUT2D eigenvalue weighted by atomic mass is 127. The minimum atomic E-state index is 0. The van der Waals surface area contributed by atoms with Crippen LogP contribution in [0.1, 0.15) is 51.5 Å². The van der Waals surface area contributed by atoms with Crippen LogP contribution in [0.3, 0.4) is 0 Å². The van der Waals surface area contributed by atoms with E-state index >= 15 is 0 Å². The summed E-state index contributed by atoms with van der Waals surface area (Å²) in [6, 6.07) is 4.29. The lowest BCUT2D eigenvalue weighted by atomic mass is 9.87. The number of ether oxygens (including phenoxy) is 1. The van der Waals surface area contributed by atoms with Gasteiger partial charge in [0, 0.05) is 49.4 Å². The normalized spacial score (nSPS) is 24.1. The highest BCUT2D eigenvalue weighted by Gasteiger charge is 2.38. The number of thioether (sulfide) groups is 1. The van der Waals surface area contributed by atoms with Gasteiger partial charge in [-0.3, -0.25) is 0 Å². The van der Waals surface area contributed by atoms with Crippen LogP contribution in [0.2, 0.25) is 0 Å². The molecule has 1 unspecified atom stereocenters. The number of pyridine rings is 1. The monoisotopic (exact) mass is 559 g/mol. The number of aromatic nitrogens is 1. The first-order valence-corrected chi connectivity index (χ1v) is 12.6. The van der Waals surface area contributed by atoms with Gasteiger partial charge in [-0.1, -0.05) is 19.3 Å². The summed E-state index contributed by atoms with van der Waals surface area (Å²) in [5, 5.41) is 3.55. The first kappa shape index (κ1) is 24.9. The molecule has 8 heteroatoms. The van der Waals surface area contributed by atoms with Gasteiger partial charge in [-0.15, -0.1) is 24.0 Å². The number of morpholine rings is 1. The van der Waals surface area contributed by atoms with Crippen LogP contribution in [0, 0.1) is 0 Å². The van der Waals surface area contributed by atoms with Crippen LogP contribution in [-0.4, -0.2) is 71.8 Å². The molecule has 1 aliphatic carbocycles. The highest BCUT2D eigenvalue weighted by molar-refractivity contribution is 14.0. The fourth-order valence-electron chi connectivity index (χ4n) is 4.87. The van der Waals surface area contributed by atoms with Crippen LogP contribution in [0.5, 0.6) is 0 Å². The number of hydrogen-bond donors (Lipinski definition) is 1. The highest BCUT2D eigenvalue weighted by Crippen LogP contribution is 2.42. The van der Waals surface area contributed by atoms with Crippen molar-refractivity contribution < 1.29 is 4.74 Å². The molecule has 3 fully saturated rings. The van der Waals surface area contributed by atoms with E-state index in [-0.39, 0.29) is 30.1 Å². The fourth-order valence-corrected chi connectivity index (χ4v) is 6.44. The van der Waals surface area contributed by atoms with Crippen LogP contribution in [0.15, 0.2) is 23.3 Å². The van der Waals surface area contributed by atoms with E-state index in [4.69, 9.17) is 9.73 Å². The summed E-state index contributed by atoms with van der Waals surface area (Å²) < 4.78 is 6.12. The summed E-state index contributed by atoms with van der Waals surface area (Å²) >= 11 is 2.21. The van der Waals surface area contributed by atoms with E-state index in [1.165, 1.54) is 43.4 Å². The second-order valence-electron chi connectivity index (χ2n) is 8.83. The van der Waals surface area contributed by atoms with Crippen molar-refractivity contribution in [1.82, 2.24) is 15.2 Å². The van der Waals surface area contributed by atoms with Crippen molar-refractivity contribution in [3.8, 4) is 0 Å². The summed E-state index contributed by atoms with van der Waals surface area (Å²) in [5.74, 6) is 3.32. The molecule has 0 bridgehead atoms. The van der Waals surface area contributed by atoms with E-state index in [1.807, 2.05) is 6.20 Å². The standard InChI is InChI=1S/C23H37N5OS.HI/c1-3-24-22(28-12-14-30-23(18-28)8-5-4-6-9-23)26-16-20-7-10-25-21(15-20)27-11-13-29-19(2)17-27;/h7,10,15,19H,3-6,8-9,11-14,16-18H2,1-2H3,(H,24,26);1H. The molecular weight excluding hydrogens is 521 g/mol. The number of anilines is 1. The summed E-state index contributed by atoms with van der Waals surface area (Å²) in [5.41, 5.74) is 1.22. The Morgan fingerprint density at radius 1 is 1.32 bits per heavy atom. The first-order chi connectivity index (χ1) is 14.7. The van der Waals surface area contributed by atoms with E-state index in [2.05, 4.69) is 57.8 Å². The lowest BCUT2D eigenvalue weighted by molar-refractivity contribution is 0.0529. The lowest BCUT2D eigenvalue weighted by Crippen LogP contribution is -2.53. The molecule has 1 saturated carbocycles. The van der Waals surface area contributed by atoms with Gasteiger partial charge in [-0.25, -0.2) is 9.98 Å². The minimum absolute atomic E-state index is 0. The number of hydrogen-bond acceptors (Lipinski definition) is 5. The van der Waals surface area contributed by atoms with Crippen molar-refractivity contribution in [2.45, 2.75) is 63.3 Å². The molecular formula is C23H38IN5OS. The van der Waals surface area contributed by atoms with Gasteiger partial charge in [0.15, 0.2) is 5.96 Å². The summed E-state index contributed by atoms with van der Waals surface area (Å²) in [7, 11) is 0. The summed E-state index contributed by atoms with van der Waals surface area (Å²) in [6.45, 7) is 10.7. The molecule has 3 aliphatic rings.